The Kier molecular flexibility index (Phi) is 3.14. The fraction of sp³-hybridized carbons (Fsp3) is 0.308. The molecule has 0 spiro atoms. The van der Waals surface area contributed by atoms with Crippen molar-refractivity contribution in [2.24, 2.45) is 5.92 Å². The summed E-state index contributed by atoms with van der Waals surface area (Å²) in [5.74, 6) is -0.0177. The lowest BCUT2D eigenvalue weighted by Crippen LogP contribution is -2.15. The summed E-state index contributed by atoms with van der Waals surface area (Å²) in [6, 6.07) is 6.70. The van der Waals surface area contributed by atoms with Crippen molar-refractivity contribution in [2.75, 3.05) is 0 Å². The minimum atomic E-state index is -0.418. The number of carbonyl (C=O) groups is 1. The van der Waals surface area contributed by atoms with Crippen molar-refractivity contribution in [1.29, 1.82) is 0 Å². The zero-order valence-corrected chi connectivity index (χ0v) is 10.3. The Hall–Kier alpha value is -2.17. The first-order valence-corrected chi connectivity index (χ1v) is 5.75. The fourth-order valence-corrected chi connectivity index (χ4v) is 1.87. The van der Waals surface area contributed by atoms with Crippen LogP contribution in [0.25, 0.3) is 10.9 Å². The third-order valence-electron chi connectivity index (χ3n) is 2.93. The Labute approximate surface area is 104 Å². The van der Waals surface area contributed by atoms with E-state index in [-0.39, 0.29) is 23.9 Å². The van der Waals surface area contributed by atoms with Gasteiger partial charge in [-0.3, -0.25) is 14.9 Å². The highest BCUT2D eigenvalue weighted by atomic mass is 16.6. The molecule has 94 valence electrons. The molecular weight excluding hydrogens is 232 g/mol. The summed E-state index contributed by atoms with van der Waals surface area (Å²) in [7, 11) is 0. The number of Topliss-reactive ketones (excluding diaryl/α,β-unsaturated/α-hetero) is 1. The highest BCUT2D eigenvalue weighted by Crippen LogP contribution is 2.26. The SMILES string of the molecule is CC(C)C(=O)Cn1ccc2cccc([N+](=O)[O-])c21. The smallest absolute Gasteiger partial charge is 0.293 e. The summed E-state index contributed by atoms with van der Waals surface area (Å²) in [4.78, 5) is 22.3. The Morgan fingerprint density at radius 1 is 1.39 bits per heavy atom. The number of benzene rings is 1. The topological polar surface area (TPSA) is 65.1 Å². The van der Waals surface area contributed by atoms with Gasteiger partial charge in [0.15, 0.2) is 5.78 Å². The van der Waals surface area contributed by atoms with E-state index in [2.05, 4.69) is 0 Å². The second-order valence-electron chi connectivity index (χ2n) is 4.54. The zero-order valence-electron chi connectivity index (χ0n) is 10.3. The first kappa shape index (κ1) is 12.3. The fourth-order valence-electron chi connectivity index (χ4n) is 1.87. The minimum absolute atomic E-state index is 0.0362. The van der Waals surface area contributed by atoms with Crippen LogP contribution in [0.3, 0.4) is 0 Å². The molecule has 0 aliphatic heterocycles. The predicted octanol–water partition coefficient (Wildman–Crippen LogP) is 2.77. The molecule has 0 atom stereocenters. The number of hydrogen-bond acceptors (Lipinski definition) is 3. The second kappa shape index (κ2) is 4.60. The Morgan fingerprint density at radius 3 is 2.72 bits per heavy atom. The van der Waals surface area contributed by atoms with Crippen LogP contribution in [0.2, 0.25) is 0 Å². The molecule has 0 aliphatic carbocycles. The highest BCUT2D eigenvalue weighted by molar-refractivity contribution is 5.90. The number of nitro benzene ring substituents is 1. The van der Waals surface area contributed by atoms with Gasteiger partial charge in [0.05, 0.1) is 11.5 Å². The average Bonchev–Trinajstić information content (AvgIpc) is 2.72. The number of fused-ring (bicyclic) bond motifs is 1. The Morgan fingerprint density at radius 2 is 2.11 bits per heavy atom. The molecule has 1 aromatic carbocycles. The Bertz CT molecular complexity index is 614. The van der Waals surface area contributed by atoms with E-state index in [0.717, 1.165) is 5.39 Å². The predicted molar refractivity (Wildman–Crippen MR) is 68.4 cm³/mol. The lowest BCUT2D eigenvalue weighted by Gasteiger charge is -2.07. The number of aromatic nitrogens is 1. The summed E-state index contributed by atoms with van der Waals surface area (Å²) in [6.45, 7) is 3.82. The lowest BCUT2D eigenvalue weighted by atomic mass is 10.1. The molecule has 1 heterocycles. The maximum absolute atomic E-state index is 11.7. The van der Waals surface area contributed by atoms with Crippen LogP contribution >= 0.6 is 0 Å². The molecule has 2 rings (SSSR count). The van der Waals surface area contributed by atoms with E-state index in [9.17, 15) is 14.9 Å². The van der Waals surface area contributed by atoms with Gasteiger partial charge in [-0.1, -0.05) is 26.0 Å². The molecular formula is C13H14N2O3. The number of para-hydroxylation sites is 1. The molecule has 0 N–H and O–H groups in total. The molecule has 0 bridgehead atoms. The van der Waals surface area contributed by atoms with Gasteiger partial charge in [0, 0.05) is 23.6 Å². The van der Waals surface area contributed by atoms with Crippen LogP contribution in [0.15, 0.2) is 30.5 Å². The number of ketones is 1. The van der Waals surface area contributed by atoms with Crippen LogP contribution in [0, 0.1) is 16.0 Å². The Balaban J connectivity index is 2.52. The van der Waals surface area contributed by atoms with Crippen LogP contribution < -0.4 is 0 Å². The molecule has 0 unspecified atom stereocenters. The molecule has 18 heavy (non-hydrogen) atoms. The van der Waals surface area contributed by atoms with Crippen molar-refractivity contribution >= 4 is 22.4 Å². The van der Waals surface area contributed by atoms with Crippen molar-refractivity contribution in [3.8, 4) is 0 Å². The summed E-state index contributed by atoms with van der Waals surface area (Å²) >= 11 is 0. The molecule has 1 aromatic heterocycles. The van der Waals surface area contributed by atoms with Gasteiger partial charge >= 0.3 is 0 Å². The molecule has 0 amide bonds. The van der Waals surface area contributed by atoms with Gasteiger partial charge in [-0.25, -0.2) is 0 Å². The first-order valence-electron chi connectivity index (χ1n) is 5.75. The van der Waals surface area contributed by atoms with Gasteiger partial charge in [0.25, 0.3) is 5.69 Å². The van der Waals surface area contributed by atoms with Gasteiger partial charge in [-0.15, -0.1) is 0 Å². The molecule has 0 aliphatic rings. The van der Waals surface area contributed by atoms with Gasteiger partial charge in [0.1, 0.15) is 5.52 Å². The number of carbonyl (C=O) groups excluding carboxylic acids is 1. The maximum atomic E-state index is 11.7. The standard InChI is InChI=1S/C13H14N2O3/c1-9(2)12(16)8-14-7-6-10-4-3-5-11(13(10)14)15(17)18/h3-7,9H,8H2,1-2H3. The van der Waals surface area contributed by atoms with Gasteiger partial charge in [-0.2, -0.15) is 0 Å². The average molecular weight is 246 g/mol. The molecule has 2 aromatic rings. The van der Waals surface area contributed by atoms with E-state index >= 15 is 0 Å². The lowest BCUT2D eigenvalue weighted by molar-refractivity contribution is -0.383. The van der Waals surface area contributed by atoms with Crippen LogP contribution in [0.1, 0.15) is 13.8 Å². The molecule has 0 saturated carbocycles. The van der Waals surface area contributed by atoms with E-state index < -0.39 is 4.92 Å². The van der Waals surface area contributed by atoms with Crippen LogP contribution in [0.5, 0.6) is 0 Å². The molecule has 5 heteroatoms. The quantitative estimate of drug-likeness (QED) is 0.615. The molecule has 0 fully saturated rings. The number of nitro groups is 1. The maximum Gasteiger partial charge on any atom is 0.293 e. The van der Waals surface area contributed by atoms with E-state index in [1.54, 1.807) is 29.0 Å². The zero-order chi connectivity index (χ0) is 13.3. The van der Waals surface area contributed by atoms with Gasteiger partial charge < -0.3 is 4.57 Å². The number of non-ortho nitro benzene ring substituents is 1. The van der Waals surface area contributed by atoms with Gasteiger partial charge in [-0.05, 0) is 6.07 Å². The van der Waals surface area contributed by atoms with E-state index in [1.807, 2.05) is 13.8 Å². The van der Waals surface area contributed by atoms with Crippen molar-refractivity contribution in [3.05, 3.63) is 40.6 Å². The second-order valence-corrected chi connectivity index (χ2v) is 4.54. The number of rotatable bonds is 4. The molecule has 5 nitrogen and oxygen atoms in total. The monoisotopic (exact) mass is 246 g/mol. The minimum Gasteiger partial charge on any atom is -0.334 e. The number of hydrogen-bond donors (Lipinski definition) is 0. The normalized spacial score (nSPS) is 11.1. The summed E-state index contributed by atoms with van der Waals surface area (Å²) in [6.07, 6.45) is 1.72. The van der Waals surface area contributed by atoms with Crippen molar-refractivity contribution in [2.45, 2.75) is 20.4 Å². The van der Waals surface area contributed by atoms with E-state index in [4.69, 9.17) is 0 Å². The van der Waals surface area contributed by atoms with E-state index in [0.29, 0.717) is 5.52 Å². The number of nitrogens with zero attached hydrogens (tertiary/aromatic N) is 2. The molecule has 0 saturated heterocycles. The van der Waals surface area contributed by atoms with Crippen molar-refractivity contribution in [3.63, 3.8) is 0 Å². The van der Waals surface area contributed by atoms with Gasteiger partial charge in [0.2, 0.25) is 0 Å². The van der Waals surface area contributed by atoms with Crippen LogP contribution in [-0.2, 0) is 11.3 Å². The van der Waals surface area contributed by atoms with Crippen LogP contribution in [-0.4, -0.2) is 15.3 Å². The summed E-state index contributed by atoms with van der Waals surface area (Å²) in [5, 5.41) is 11.8. The summed E-state index contributed by atoms with van der Waals surface area (Å²) < 4.78 is 1.65. The third-order valence-corrected chi connectivity index (χ3v) is 2.93. The van der Waals surface area contributed by atoms with Crippen molar-refractivity contribution < 1.29 is 9.72 Å². The van der Waals surface area contributed by atoms with Crippen molar-refractivity contribution in [1.82, 2.24) is 4.57 Å². The largest absolute Gasteiger partial charge is 0.334 e. The third kappa shape index (κ3) is 2.11. The van der Waals surface area contributed by atoms with Crippen LogP contribution in [0.4, 0.5) is 5.69 Å². The molecule has 0 radical (unpaired) electrons. The summed E-state index contributed by atoms with van der Waals surface area (Å²) in [5.41, 5.74) is 0.547. The first-order chi connectivity index (χ1) is 8.50. The van der Waals surface area contributed by atoms with E-state index in [1.165, 1.54) is 6.07 Å². The highest BCUT2D eigenvalue weighted by Gasteiger charge is 2.17.